The van der Waals surface area contributed by atoms with Gasteiger partial charge in [-0.05, 0) is 0 Å². The van der Waals surface area contributed by atoms with Crippen molar-refractivity contribution in [1.82, 2.24) is 0 Å². The zero-order chi connectivity index (χ0) is 12.6. The molecule has 1 unspecified atom stereocenters. The summed E-state index contributed by atoms with van der Waals surface area (Å²) in [5, 5.41) is 8.62. The van der Waals surface area contributed by atoms with Gasteiger partial charge in [0.2, 0.25) is 0 Å². The van der Waals surface area contributed by atoms with Crippen LogP contribution in [0.3, 0.4) is 0 Å². The predicted octanol–water partition coefficient (Wildman–Crippen LogP) is 0.854. The molecule has 0 radical (unpaired) electrons. The minimum Gasteiger partial charge on any atom is -0.493 e. The standard InChI is InChI=1S/C11H11F2NO3/c12-7-4-9-5(1-2-17-9)10(13)6(7)3-8(14)11(15)16/h4,8H,1-3,14H2,(H,15,16). The van der Waals surface area contributed by atoms with Crippen LogP contribution < -0.4 is 10.5 Å². The average Bonchev–Trinajstić information content (AvgIpc) is 2.71. The number of ether oxygens (including phenoxy) is 1. The highest BCUT2D eigenvalue weighted by atomic mass is 19.1. The molecule has 4 nitrogen and oxygen atoms in total. The van der Waals surface area contributed by atoms with E-state index in [1.54, 1.807) is 0 Å². The van der Waals surface area contributed by atoms with Crippen LogP contribution in [0.5, 0.6) is 5.75 Å². The molecule has 3 N–H and O–H groups in total. The highest BCUT2D eigenvalue weighted by Crippen LogP contribution is 2.32. The number of aliphatic carboxylic acids is 1. The van der Waals surface area contributed by atoms with Crippen LogP contribution in [-0.2, 0) is 17.6 Å². The summed E-state index contributed by atoms with van der Waals surface area (Å²) in [6.45, 7) is 0.306. The molecule has 0 bridgehead atoms. The summed E-state index contributed by atoms with van der Waals surface area (Å²) in [5.74, 6) is -2.66. The minimum atomic E-state index is -1.32. The Labute approximate surface area is 96.0 Å². The first kappa shape index (κ1) is 11.8. The normalized spacial score (nSPS) is 15.2. The molecule has 6 heteroatoms. The van der Waals surface area contributed by atoms with Crippen molar-refractivity contribution in [3.05, 3.63) is 28.8 Å². The van der Waals surface area contributed by atoms with Crippen LogP contribution in [0.1, 0.15) is 11.1 Å². The fraction of sp³-hybridized carbons (Fsp3) is 0.364. The Morgan fingerprint density at radius 2 is 2.29 bits per heavy atom. The molecule has 1 aromatic rings. The van der Waals surface area contributed by atoms with Crippen LogP contribution in [0.4, 0.5) is 8.78 Å². The minimum absolute atomic E-state index is 0.188. The van der Waals surface area contributed by atoms with Gasteiger partial charge in [0.25, 0.3) is 0 Å². The van der Waals surface area contributed by atoms with Gasteiger partial charge in [0.05, 0.1) is 6.61 Å². The van der Waals surface area contributed by atoms with Gasteiger partial charge in [-0.2, -0.15) is 0 Å². The summed E-state index contributed by atoms with van der Waals surface area (Å²) in [6.07, 6.45) is -0.0168. The fourth-order valence-electron chi connectivity index (χ4n) is 1.80. The Hall–Kier alpha value is -1.69. The molecule has 0 aromatic heterocycles. The molecule has 0 saturated heterocycles. The Balaban J connectivity index is 2.38. The van der Waals surface area contributed by atoms with Crippen molar-refractivity contribution >= 4 is 5.97 Å². The van der Waals surface area contributed by atoms with Crippen molar-refractivity contribution < 1.29 is 23.4 Å². The first-order valence-electron chi connectivity index (χ1n) is 5.11. The third kappa shape index (κ3) is 2.08. The van der Waals surface area contributed by atoms with Gasteiger partial charge >= 0.3 is 5.97 Å². The fourth-order valence-corrected chi connectivity index (χ4v) is 1.80. The molecular formula is C11H11F2NO3. The third-order valence-corrected chi connectivity index (χ3v) is 2.72. The van der Waals surface area contributed by atoms with Gasteiger partial charge in [0, 0.05) is 30.0 Å². The summed E-state index contributed by atoms with van der Waals surface area (Å²) in [5.41, 5.74) is 5.27. The SMILES string of the molecule is NC(Cc1c(F)cc2c(c1F)CCO2)C(=O)O. The number of halogens is 2. The van der Waals surface area contributed by atoms with Crippen LogP contribution in [0.25, 0.3) is 0 Å². The molecule has 1 aromatic carbocycles. The number of carboxylic acid groups (broad SMARTS) is 1. The number of benzene rings is 1. The van der Waals surface area contributed by atoms with Crippen LogP contribution in [-0.4, -0.2) is 23.7 Å². The molecular weight excluding hydrogens is 232 g/mol. The van der Waals surface area contributed by atoms with Gasteiger partial charge < -0.3 is 15.6 Å². The smallest absolute Gasteiger partial charge is 0.320 e. The first-order chi connectivity index (χ1) is 8.00. The Bertz CT molecular complexity index is 476. The monoisotopic (exact) mass is 243 g/mol. The van der Waals surface area contributed by atoms with E-state index in [-0.39, 0.29) is 17.7 Å². The summed E-state index contributed by atoms with van der Waals surface area (Å²) in [7, 11) is 0. The number of carboxylic acids is 1. The molecule has 0 aliphatic carbocycles. The van der Waals surface area contributed by atoms with Crippen LogP contribution in [0, 0.1) is 11.6 Å². The van der Waals surface area contributed by atoms with Gasteiger partial charge in [0.1, 0.15) is 23.4 Å². The number of fused-ring (bicyclic) bond motifs is 1. The highest BCUT2D eigenvalue weighted by molar-refractivity contribution is 5.73. The van der Waals surface area contributed by atoms with Crippen molar-refractivity contribution in [1.29, 1.82) is 0 Å². The molecule has 0 saturated carbocycles. The van der Waals surface area contributed by atoms with Crippen molar-refractivity contribution in [3.63, 3.8) is 0 Å². The van der Waals surface area contributed by atoms with Crippen molar-refractivity contribution in [3.8, 4) is 5.75 Å². The summed E-state index contributed by atoms with van der Waals surface area (Å²) >= 11 is 0. The van der Waals surface area contributed by atoms with E-state index in [1.165, 1.54) is 0 Å². The van der Waals surface area contributed by atoms with E-state index in [1.807, 2.05) is 0 Å². The first-order valence-corrected chi connectivity index (χ1v) is 5.11. The van der Waals surface area contributed by atoms with Crippen LogP contribution in [0.2, 0.25) is 0 Å². The van der Waals surface area contributed by atoms with Crippen molar-refractivity contribution in [2.45, 2.75) is 18.9 Å². The number of hydrogen-bond donors (Lipinski definition) is 2. The molecule has 17 heavy (non-hydrogen) atoms. The maximum Gasteiger partial charge on any atom is 0.320 e. The average molecular weight is 243 g/mol. The summed E-state index contributed by atoms with van der Waals surface area (Å²) < 4.78 is 32.5. The maximum atomic E-state index is 13.9. The number of carbonyl (C=O) groups is 1. The largest absolute Gasteiger partial charge is 0.493 e. The Kier molecular flexibility index (Phi) is 2.97. The zero-order valence-corrected chi connectivity index (χ0v) is 8.87. The van der Waals surface area contributed by atoms with Gasteiger partial charge in [0.15, 0.2) is 0 Å². The second kappa shape index (κ2) is 4.29. The zero-order valence-electron chi connectivity index (χ0n) is 8.87. The van der Waals surface area contributed by atoms with Crippen molar-refractivity contribution in [2.75, 3.05) is 6.61 Å². The molecule has 92 valence electrons. The lowest BCUT2D eigenvalue weighted by Crippen LogP contribution is -2.33. The van der Waals surface area contributed by atoms with Gasteiger partial charge in [-0.1, -0.05) is 0 Å². The van der Waals surface area contributed by atoms with Gasteiger partial charge in [-0.25, -0.2) is 8.78 Å². The quantitative estimate of drug-likeness (QED) is 0.825. The lowest BCUT2D eigenvalue weighted by molar-refractivity contribution is -0.138. The molecule has 1 heterocycles. The molecule has 0 amide bonds. The Morgan fingerprint density at radius 1 is 1.59 bits per heavy atom. The maximum absolute atomic E-state index is 13.9. The van der Waals surface area contributed by atoms with E-state index < -0.39 is 23.6 Å². The molecule has 0 fully saturated rings. The van der Waals surface area contributed by atoms with Crippen molar-refractivity contribution in [2.24, 2.45) is 5.73 Å². The van der Waals surface area contributed by atoms with E-state index in [0.29, 0.717) is 18.6 Å². The number of rotatable bonds is 3. The van der Waals surface area contributed by atoms with Crippen LogP contribution >= 0.6 is 0 Å². The van der Waals surface area contributed by atoms with E-state index >= 15 is 0 Å². The lowest BCUT2D eigenvalue weighted by Gasteiger charge is -2.11. The summed E-state index contributed by atoms with van der Waals surface area (Å²) in [6, 6.07) is -0.241. The van der Waals surface area contributed by atoms with E-state index in [9.17, 15) is 13.6 Å². The van der Waals surface area contributed by atoms with Crippen LogP contribution in [0.15, 0.2) is 6.07 Å². The van der Waals surface area contributed by atoms with E-state index in [4.69, 9.17) is 15.6 Å². The molecule has 0 spiro atoms. The van der Waals surface area contributed by atoms with Gasteiger partial charge in [-0.15, -0.1) is 0 Å². The number of nitrogens with two attached hydrogens (primary N) is 1. The lowest BCUT2D eigenvalue weighted by atomic mass is 10.0. The van der Waals surface area contributed by atoms with E-state index in [2.05, 4.69) is 0 Å². The van der Waals surface area contributed by atoms with Gasteiger partial charge in [-0.3, -0.25) is 4.79 Å². The molecule has 1 atom stereocenters. The molecule has 1 aliphatic rings. The Morgan fingerprint density at radius 3 is 2.94 bits per heavy atom. The highest BCUT2D eigenvalue weighted by Gasteiger charge is 2.25. The topological polar surface area (TPSA) is 72.5 Å². The van der Waals surface area contributed by atoms with E-state index in [0.717, 1.165) is 6.07 Å². The number of hydrogen-bond acceptors (Lipinski definition) is 3. The predicted molar refractivity (Wildman–Crippen MR) is 54.9 cm³/mol. The third-order valence-electron chi connectivity index (χ3n) is 2.72. The molecule has 1 aliphatic heterocycles. The second-order valence-electron chi connectivity index (χ2n) is 3.87. The molecule has 2 rings (SSSR count). The summed E-state index contributed by atoms with van der Waals surface area (Å²) in [4.78, 5) is 10.6. The second-order valence-corrected chi connectivity index (χ2v) is 3.87.